The van der Waals surface area contributed by atoms with Crippen LogP contribution in [0.3, 0.4) is 0 Å². The molecule has 1 aliphatic carbocycles. The molecule has 0 saturated heterocycles. The first-order valence-electron chi connectivity index (χ1n) is 14.1. The third kappa shape index (κ3) is 4.48. The summed E-state index contributed by atoms with van der Waals surface area (Å²) in [5.41, 5.74) is 8.55. The molecule has 0 amide bonds. The molecule has 8 heteroatoms. The highest BCUT2D eigenvalue weighted by atomic mass is 32.1. The number of aromatic nitrogens is 3. The molecule has 1 N–H and O–H groups in total. The Morgan fingerprint density at radius 3 is 2.88 bits per heavy atom. The molecular formula is C32H34FN5OS. The quantitative estimate of drug-likeness (QED) is 0.302. The van der Waals surface area contributed by atoms with Crippen LogP contribution in [0.1, 0.15) is 49.1 Å². The Labute approximate surface area is 238 Å². The molecule has 0 bridgehead atoms. The standard InChI is InChI=1S/C32H34FN5OS/c1-18(2)39-28-13-23(33)12-26(28)29-31(27-14-24-15-34-19(3)16-38(24)36-27)35-30(25-8-10-40-32(25)29)21-5-6-22-17-37(4)9-7-20(22)11-21/h5-6,8,10-14,18-19,26,34H,7,9,15-17H2,1-4H3. The first-order chi connectivity index (χ1) is 19.3. The molecular weight excluding hydrogens is 521 g/mol. The average Bonchev–Trinajstić information content (AvgIpc) is 3.65. The van der Waals surface area contributed by atoms with E-state index in [-0.39, 0.29) is 17.8 Å². The van der Waals surface area contributed by atoms with Gasteiger partial charge in [-0.2, -0.15) is 5.10 Å². The Morgan fingerprint density at radius 1 is 1.15 bits per heavy atom. The molecule has 3 aromatic heterocycles. The van der Waals surface area contributed by atoms with Crippen molar-refractivity contribution in [3.05, 3.63) is 81.8 Å². The molecule has 7 rings (SSSR count). The first kappa shape index (κ1) is 25.6. The van der Waals surface area contributed by atoms with Gasteiger partial charge in [0.1, 0.15) is 17.3 Å². The summed E-state index contributed by atoms with van der Waals surface area (Å²) in [7, 11) is 2.17. The Morgan fingerprint density at radius 2 is 2.02 bits per heavy atom. The average molecular weight is 556 g/mol. The van der Waals surface area contributed by atoms with E-state index in [1.165, 1.54) is 17.2 Å². The number of allylic oxidation sites excluding steroid dienone is 3. The van der Waals surface area contributed by atoms with Gasteiger partial charge in [0.15, 0.2) is 0 Å². The van der Waals surface area contributed by atoms with E-state index in [4.69, 9.17) is 14.8 Å². The van der Waals surface area contributed by atoms with Crippen LogP contribution >= 0.6 is 11.3 Å². The summed E-state index contributed by atoms with van der Waals surface area (Å²) in [6.45, 7) is 9.71. The van der Waals surface area contributed by atoms with Gasteiger partial charge in [0.2, 0.25) is 0 Å². The summed E-state index contributed by atoms with van der Waals surface area (Å²) in [6, 6.07) is 11.4. The SMILES string of the molecule is CC1Cn2nc(-c3nc(-c4ccc5c(c4)CCN(C)C5)c4ccsc4c3C3C=C(F)C=C3OC(C)C)cc2CN1. The van der Waals surface area contributed by atoms with Crippen LogP contribution < -0.4 is 5.32 Å². The molecule has 6 nitrogen and oxygen atoms in total. The van der Waals surface area contributed by atoms with E-state index in [2.05, 4.69) is 64.6 Å². The van der Waals surface area contributed by atoms with Gasteiger partial charge in [-0.25, -0.2) is 9.37 Å². The number of pyridine rings is 1. The van der Waals surface area contributed by atoms with Crippen molar-refractivity contribution in [1.29, 1.82) is 0 Å². The maximum Gasteiger partial charge on any atom is 0.123 e. The van der Waals surface area contributed by atoms with Gasteiger partial charge in [0.05, 0.1) is 35.6 Å². The van der Waals surface area contributed by atoms with E-state index in [1.807, 2.05) is 13.8 Å². The van der Waals surface area contributed by atoms with Gasteiger partial charge < -0.3 is 15.0 Å². The van der Waals surface area contributed by atoms with Gasteiger partial charge in [-0.15, -0.1) is 11.3 Å². The topological polar surface area (TPSA) is 55.2 Å². The molecule has 0 spiro atoms. The molecule has 1 aromatic carbocycles. The minimum Gasteiger partial charge on any atom is -0.494 e. The molecule has 5 heterocycles. The number of hydrogen-bond donors (Lipinski definition) is 1. The number of hydrogen-bond acceptors (Lipinski definition) is 6. The number of ether oxygens (including phenoxy) is 1. The molecule has 2 atom stereocenters. The summed E-state index contributed by atoms with van der Waals surface area (Å²) in [5.74, 6) is -0.0210. The van der Waals surface area contributed by atoms with Gasteiger partial charge in [0, 0.05) is 53.0 Å². The van der Waals surface area contributed by atoms with Crippen molar-refractivity contribution in [2.75, 3.05) is 13.6 Å². The van der Waals surface area contributed by atoms with Crippen LogP contribution in [0.15, 0.2) is 59.4 Å². The van der Waals surface area contributed by atoms with Gasteiger partial charge in [-0.3, -0.25) is 4.68 Å². The van der Waals surface area contributed by atoms with Crippen molar-refractivity contribution in [3.8, 4) is 22.6 Å². The lowest BCUT2D eigenvalue weighted by Gasteiger charge is -2.25. The predicted molar refractivity (Wildman–Crippen MR) is 159 cm³/mol. The lowest BCUT2D eigenvalue weighted by atomic mass is 9.91. The zero-order chi connectivity index (χ0) is 27.5. The fourth-order valence-corrected chi connectivity index (χ4v) is 7.17. The van der Waals surface area contributed by atoms with Crippen molar-refractivity contribution in [2.45, 2.75) is 64.9 Å². The molecule has 2 unspecified atom stereocenters. The number of fused-ring (bicyclic) bond motifs is 3. The zero-order valence-electron chi connectivity index (χ0n) is 23.4. The number of thiophene rings is 1. The van der Waals surface area contributed by atoms with Crippen LogP contribution in [0, 0.1) is 0 Å². The summed E-state index contributed by atoms with van der Waals surface area (Å²) in [6.07, 6.45) is 4.14. The molecule has 0 saturated carbocycles. The number of halogens is 1. The van der Waals surface area contributed by atoms with Crippen LogP contribution in [-0.2, 0) is 30.8 Å². The lowest BCUT2D eigenvalue weighted by Crippen LogP contribution is -2.36. The van der Waals surface area contributed by atoms with Crippen LogP contribution in [-0.4, -0.2) is 45.4 Å². The Balaban J connectivity index is 1.45. The van der Waals surface area contributed by atoms with Crippen LogP contribution in [0.25, 0.3) is 32.7 Å². The summed E-state index contributed by atoms with van der Waals surface area (Å²) in [5, 5.41) is 11.8. The lowest BCUT2D eigenvalue weighted by molar-refractivity contribution is 0.139. The fourth-order valence-electron chi connectivity index (χ4n) is 6.18. The van der Waals surface area contributed by atoms with E-state index in [0.29, 0.717) is 11.8 Å². The van der Waals surface area contributed by atoms with Gasteiger partial charge >= 0.3 is 0 Å². The Hall–Kier alpha value is -3.33. The second-order valence-electron chi connectivity index (χ2n) is 11.6. The zero-order valence-corrected chi connectivity index (χ0v) is 24.2. The van der Waals surface area contributed by atoms with Crippen LogP contribution in [0.5, 0.6) is 0 Å². The molecule has 40 heavy (non-hydrogen) atoms. The summed E-state index contributed by atoms with van der Waals surface area (Å²) >= 11 is 1.68. The van der Waals surface area contributed by atoms with E-state index >= 15 is 0 Å². The minimum atomic E-state index is -0.366. The van der Waals surface area contributed by atoms with Crippen molar-refractivity contribution < 1.29 is 9.13 Å². The number of nitrogens with zero attached hydrogens (tertiary/aromatic N) is 4. The first-order valence-corrected chi connectivity index (χ1v) is 15.0. The largest absolute Gasteiger partial charge is 0.494 e. The Bertz CT molecular complexity index is 1680. The second-order valence-corrected chi connectivity index (χ2v) is 12.5. The highest BCUT2D eigenvalue weighted by Crippen LogP contribution is 2.46. The van der Waals surface area contributed by atoms with Crippen molar-refractivity contribution in [1.82, 2.24) is 25.0 Å². The molecule has 0 radical (unpaired) electrons. The molecule has 3 aliphatic rings. The van der Waals surface area contributed by atoms with E-state index in [1.54, 1.807) is 17.4 Å². The molecule has 4 aromatic rings. The molecule has 206 valence electrons. The second kappa shape index (κ2) is 9.94. The number of likely N-dealkylation sites (N-methyl/N-ethyl adjacent to an activating group) is 1. The fraction of sp³-hybridized carbons (Fsp3) is 0.375. The summed E-state index contributed by atoms with van der Waals surface area (Å²) < 4.78 is 24.2. The van der Waals surface area contributed by atoms with Gasteiger partial charge in [0.25, 0.3) is 0 Å². The maximum atomic E-state index is 14.8. The smallest absolute Gasteiger partial charge is 0.123 e. The highest BCUT2D eigenvalue weighted by Gasteiger charge is 2.32. The van der Waals surface area contributed by atoms with Crippen LogP contribution in [0.4, 0.5) is 4.39 Å². The molecule has 0 fully saturated rings. The van der Waals surface area contributed by atoms with Crippen LogP contribution in [0.2, 0.25) is 0 Å². The van der Waals surface area contributed by atoms with E-state index in [9.17, 15) is 4.39 Å². The predicted octanol–water partition coefficient (Wildman–Crippen LogP) is 6.57. The number of nitrogens with one attached hydrogen (secondary N) is 1. The third-order valence-corrected chi connectivity index (χ3v) is 9.05. The molecule has 2 aliphatic heterocycles. The Kier molecular flexibility index (Phi) is 6.37. The number of rotatable bonds is 5. The highest BCUT2D eigenvalue weighted by molar-refractivity contribution is 7.17. The van der Waals surface area contributed by atoms with Crippen molar-refractivity contribution >= 4 is 21.4 Å². The van der Waals surface area contributed by atoms with E-state index < -0.39 is 0 Å². The van der Waals surface area contributed by atoms with Gasteiger partial charge in [-0.1, -0.05) is 12.1 Å². The monoisotopic (exact) mass is 555 g/mol. The minimum absolute atomic E-state index is 0.0652. The van der Waals surface area contributed by atoms with Gasteiger partial charge in [-0.05, 0) is 75.0 Å². The van der Waals surface area contributed by atoms with Crippen molar-refractivity contribution in [2.24, 2.45) is 0 Å². The summed E-state index contributed by atoms with van der Waals surface area (Å²) in [4.78, 5) is 7.75. The van der Waals surface area contributed by atoms with Crippen molar-refractivity contribution in [3.63, 3.8) is 0 Å². The third-order valence-electron chi connectivity index (χ3n) is 8.11. The number of benzene rings is 1. The normalized spacial score (nSPS) is 20.9. The maximum absolute atomic E-state index is 14.8. The van der Waals surface area contributed by atoms with E-state index in [0.717, 1.165) is 76.6 Å².